The minimum absolute atomic E-state index is 0.282. The van der Waals surface area contributed by atoms with Crippen LogP contribution in [0.2, 0.25) is 0 Å². The van der Waals surface area contributed by atoms with E-state index in [4.69, 9.17) is 9.47 Å². The Kier molecular flexibility index (Phi) is 4.20. The van der Waals surface area contributed by atoms with E-state index in [9.17, 15) is 0 Å². The van der Waals surface area contributed by atoms with Crippen molar-refractivity contribution < 1.29 is 9.47 Å². The van der Waals surface area contributed by atoms with Crippen molar-refractivity contribution in [2.45, 2.75) is 52.2 Å². The predicted molar refractivity (Wildman–Crippen MR) is 53.6 cm³/mol. The fourth-order valence-electron chi connectivity index (χ4n) is 2.06. The van der Waals surface area contributed by atoms with E-state index in [-0.39, 0.29) is 5.79 Å². The number of ether oxygens (including phenoxy) is 2. The molecule has 0 spiro atoms. The van der Waals surface area contributed by atoms with Gasteiger partial charge < -0.3 is 9.47 Å². The molecule has 0 bridgehead atoms. The van der Waals surface area contributed by atoms with Gasteiger partial charge in [0.2, 0.25) is 0 Å². The molecule has 0 aliphatic carbocycles. The van der Waals surface area contributed by atoms with Gasteiger partial charge in [-0.05, 0) is 12.8 Å². The van der Waals surface area contributed by atoms with Crippen molar-refractivity contribution >= 4 is 0 Å². The van der Waals surface area contributed by atoms with Crippen LogP contribution >= 0.6 is 0 Å². The van der Waals surface area contributed by atoms with Crippen LogP contribution in [0.4, 0.5) is 0 Å². The van der Waals surface area contributed by atoms with Gasteiger partial charge in [0.25, 0.3) is 0 Å². The van der Waals surface area contributed by atoms with E-state index in [1.165, 1.54) is 19.3 Å². The maximum absolute atomic E-state index is 5.60. The third-order valence-corrected chi connectivity index (χ3v) is 2.83. The van der Waals surface area contributed by atoms with Gasteiger partial charge >= 0.3 is 0 Å². The van der Waals surface area contributed by atoms with E-state index in [2.05, 4.69) is 20.8 Å². The van der Waals surface area contributed by atoms with Crippen molar-refractivity contribution in [3.05, 3.63) is 0 Å². The van der Waals surface area contributed by atoms with Gasteiger partial charge in [0.05, 0.1) is 13.2 Å². The lowest BCUT2D eigenvalue weighted by Gasteiger charge is -2.27. The lowest BCUT2D eigenvalue weighted by Crippen LogP contribution is -2.28. The Morgan fingerprint density at radius 3 is 2.31 bits per heavy atom. The van der Waals surface area contributed by atoms with Crippen LogP contribution in [-0.4, -0.2) is 19.0 Å². The van der Waals surface area contributed by atoms with Gasteiger partial charge in [-0.2, -0.15) is 0 Å². The monoisotopic (exact) mass is 186 g/mol. The molecule has 0 aromatic heterocycles. The van der Waals surface area contributed by atoms with Gasteiger partial charge in [-0.3, -0.25) is 0 Å². The highest BCUT2D eigenvalue weighted by Gasteiger charge is 2.32. The summed E-state index contributed by atoms with van der Waals surface area (Å²) in [7, 11) is 0. The largest absolute Gasteiger partial charge is 0.348 e. The summed E-state index contributed by atoms with van der Waals surface area (Å²) in [6.45, 7) is 8.08. The van der Waals surface area contributed by atoms with Crippen molar-refractivity contribution in [3.63, 3.8) is 0 Å². The average molecular weight is 186 g/mol. The van der Waals surface area contributed by atoms with Crippen LogP contribution < -0.4 is 0 Å². The first-order valence-corrected chi connectivity index (χ1v) is 5.48. The molecule has 1 unspecified atom stereocenters. The quantitative estimate of drug-likeness (QED) is 0.657. The molecule has 0 N–H and O–H groups in total. The maximum atomic E-state index is 5.60. The van der Waals surface area contributed by atoms with Gasteiger partial charge in [0.1, 0.15) is 0 Å². The van der Waals surface area contributed by atoms with E-state index in [0.717, 1.165) is 25.6 Å². The second-order valence-electron chi connectivity index (χ2n) is 4.10. The lowest BCUT2D eigenvalue weighted by atomic mass is 9.93. The smallest absolute Gasteiger partial charge is 0.166 e. The third kappa shape index (κ3) is 3.28. The summed E-state index contributed by atoms with van der Waals surface area (Å²) < 4.78 is 11.2. The Morgan fingerprint density at radius 1 is 1.23 bits per heavy atom. The Morgan fingerprint density at radius 2 is 1.85 bits per heavy atom. The van der Waals surface area contributed by atoms with Gasteiger partial charge in [0, 0.05) is 6.42 Å². The third-order valence-electron chi connectivity index (χ3n) is 2.83. The first-order valence-electron chi connectivity index (χ1n) is 5.48. The summed E-state index contributed by atoms with van der Waals surface area (Å²) in [5.41, 5.74) is 0. The highest BCUT2D eigenvalue weighted by atomic mass is 16.7. The van der Waals surface area contributed by atoms with Crippen molar-refractivity contribution in [1.29, 1.82) is 0 Å². The van der Waals surface area contributed by atoms with Crippen LogP contribution in [0.15, 0.2) is 0 Å². The molecule has 0 aromatic rings. The lowest BCUT2D eigenvalue weighted by molar-refractivity contribution is -0.155. The number of hydrogen-bond donors (Lipinski definition) is 0. The van der Waals surface area contributed by atoms with Crippen LogP contribution in [0.5, 0.6) is 0 Å². The van der Waals surface area contributed by atoms with Gasteiger partial charge in [-0.25, -0.2) is 0 Å². The number of rotatable bonds is 5. The summed E-state index contributed by atoms with van der Waals surface area (Å²) in [6.07, 6.45) is 4.83. The molecule has 1 aliphatic rings. The van der Waals surface area contributed by atoms with Gasteiger partial charge in [0.15, 0.2) is 5.79 Å². The fourth-order valence-corrected chi connectivity index (χ4v) is 2.06. The first kappa shape index (κ1) is 11.0. The maximum Gasteiger partial charge on any atom is 0.166 e. The van der Waals surface area contributed by atoms with E-state index >= 15 is 0 Å². The zero-order chi connectivity index (χ0) is 9.73. The predicted octanol–water partition coefficient (Wildman–Crippen LogP) is 2.97. The molecule has 1 rings (SSSR count). The normalized spacial score (nSPS) is 23.3. The summed E-state index contributed by atoms with van der Waals surface area (Å²) in [4.78, 5) is 0. The molecule has 2 nitrogen and oxygen atoms in total. The first-order chi connectivity index (χ1) is 6.20. The molecule has 1 heterocycles. The van der Waals surface area contributed by atoms with Crippen molar-refractivity contribution in [3.8, 4) is 0 Å². The highest BCUT2D eigenvalue weighted by molar-refractivity contribution is 4.72. The molecule has 0 amide bonds. The van der Waals surface area contributed by atoms with E-state index < -0.39 is 0 Å². The molecular formula is C11H22O2. The Labute approximate surface area is 81.6 Å². The van der Waals surface area contributed by atoms with E-state index in [1.54, 1.807) is 0 Å². The zero-order valence-corrected chi connectivity index (χ0v) is 9.14. The molecule has 1 saturated heterocycles. The van der Waals surface area contributed by atoms with Crippen molar-refractivity contribution in [1.82, 2.24) is 0 Å². The van der Waals surface area contributed by atoms with Crippen LogP contribution in [0.25, 0.3) is 0 Å². The zero-order valence-electron chi connectivity index (χ0n) is 9.14. The van der Waals surface area contributed by atoms with Crippen LogP contribution in [0.1, 0.15) is 46.5 Å². The van der Waals surface area contributed by atoms with Crippen LogP contribution in [0.3, 0.4) is 0 Å². The second-order valence-corrected chi connectivity index (χ2v) is 4.10. The topological polar surface area (TPSA) is 18.5 Å². The van der Waals surface area contributed by atoms with Crippen molar-refractivity contribution in [2.24, 2.45) is 5.92 Å². The average Bonchev–Trinajstić information content (AvgIpc) is 2.51. The highest BCUT2D eigenvalue weighted by Crippen LogP contribution is 2.30. The summed E-state index contributed by atoms with van der Waals surface area (Å²) in [6, 6.07) is 0. The Bertz CT molecular complexity index is 139. The Hall–Kier alpha value is -0.0800. The minimum Gasteiger partial charge on any atom is -0.348 e. The van der Waals surface area contributed by atoms with E-state index in [1.807, 2.05) is 0 Å². The van der Waals surface area contributed by atoms with Gasteiger partial charge in [-0.15, -0.1) is 0 Å². The molecule has 1 aliphatic heterocycles. The molecule has 1 atom stereocenters. The minimum atomic E-state index is -0.282. The molecule has 0 saturated carbocycles. The number of hydrogen-bond acceptors (Lipinski definition) is 2. The Balaban J connectivity index is 2.35. The molecule has 0 aromatic carbocycles. The fraction of sp³-hybridized carbons (Fsp3) is 1.00. The molecule has 13 heavy (non-hydrogen) atoms. The molecule has 78 valence electrons. The summed E-state index contributed by atoms with van der Waals surface area (Å²) >= 11 is 0. The molecule has 2 heteroatoms. The SMILES string of the molecule is CCCC(CC)CC1(C)OCCO1. The van der Waals surface area contributed by atoms with Gasteiger partial charge in [-0.1, -0.05) is 33.1 Å². The molecule has 1 fully saturated rings. The van der Waals surface area contributed by atoms with Crippen molar-refractivity contribution in [2.75, 3.05) is 13.2 Å². The second kappa shape index (κ2) is 4.97. The summed E-state index contributed by atoms with van der Waals surface area (Å²) in [5.74, 6) is 0.476. The van der Waals surface area contributed by atoms with Crippen LogP contribution in [-0.2, 0) is 9.47 Å². The molecule has 0 radical (unpaired) electrons. The summed E-state index contributed by atoms with van der Waals surface area (Å²) in [5, 5.41) is 0. The standard InChI is InChI=1S/C11H22O2/c1-4-6-10(5-2)9-11(3)12-7-8-13-11/h10H,4-9H2,1-3H3. The van der Waals surface area contributed by atoms with E-state index in [0.29, 0.717) is 0 Å². The molecular weight excluding hydrogens is 164 g/mol. The van der Waals surface area contributed by atoms with Crippen LogP contribution in [0, 0.1) is 5.92 Å².